The van der Waals surface area contributed by atoms with Gasteiger partial charge in [0, 0.05) is 6.92 Å². The van der Waals surface area contributed by atoms with Gasteiger partial charge in [0.15, 0.2) is 6.20 Å². The van der Waals surface area contributed by atoms with Gasteiger partial charge in [-0.05, 0) is 0 Å². The Bertz CT molecular complexity index is 328. The van der Waals surface area contributed by atoms with Gasteiger partial charge in [-0.1, -0.05) is 9.67 Å². The predicted molar refractivity (Wildman–Crippen MR) is 43.2 cm³/mol. The number of aliphatic carboxylic acids is 1. The van der Waals surface area contributed by atoms with Gasteiger partial charge in [-0.2, -0.15) is 0 Å². The van der Waals surface area contributed by atoms with Crippen LogP contribution < -0.4 is 15.5 Å². The second-order valence-electron chi connectivity index (χ2n) is 2.07. The molecule has 78 valence electrons. The van der Waals surface area contributed by atoms with E-state index >= 15 is 0 Å². The van der Waals surface area contributed by atoms with Crippen LogP contribution in [0.3, 0.4) is 0 Å². The molecule has 0 unspecified atom stereocenters. The van der Waals surface area contributed by atoms with Crippen molar-refractivity contribution in [3.05, 3.63) is 6.20 Å². The van der Waals surface area contributed by atoms with Crippen molar-refractivity contribution in [1.29, 1.82) is 0 Å². The monoisotopic (exact) mass is 202 g/mol. The van der Waals surface area contributed by atoms with E-state index in [1.165, 1.54) is 13.2 Å². The summed E-state index contributed by atoms with van der Waals surface area (Å²) >= 11 is 0. The molecule has 0 bridgehead atoms. The third kappa shape index (κ3) is 4.70. The molecule has 0 spiro atoms. The summed E-state index contributed by atoms with van der Waals surface area (Å²) in [7, 11) is 1.36. The Labute approximate surface area is 79.2 Å². The van der Waals surface area contributed by atoms with Crippen molar-refractivity contribution in [2.45, 2.75) is 6.92 Å². The molecular formula is C6H10N4O4. The Morgan fingerprint density at radius 3 is 2.64 bits per heavy atom. The number of aromatic nitrogens is 2. The van der Waals surface area contributed by atoms with Crippen LogP contribution in [0.1, 0.15) is 6.92 Å². The highest BCUT2D eigenvalue weighted by Crippen LogP contribution is 1.88. The van der Waals surface area contributed by atoms with E-state index in [1.54, 1.807) is 0 Å². The smallest absolute Gasteiger partial charge is 0.300 e. The standard InChI is InChI=1S/C4H6N4O2.C2H4O2/c1-6-4(9)8-2-3(5)10-7-8;1-2(3)4/h2H,1H3,(H2-,5,6,7,9);1H3,(H,3,4). The number of rotatable bonds is 0. The van der Waals surface area contributed by atoms with E-state index in [0.29, 0.717) is 0 Å². The molecule has 1 aromatic heterocycles. The summed E-state index contributed by atoms with van der Waals surface area (Å²) in [6, 6.07) is -0.513. The molecule has 1 heterocycles. The Morgan fingerprint density at radius 1 is 1.86 bits per heavy atom. The van der Waals surface area contributed by atoms with Crippen molar-refractivity contribution in [3.8, 4) is 0 Å². The molecule has 0 aromatic carbocycles. The molecule has 0 atom stereocenters. The highest BCUT2D eigenvalue weighted by molar-refractivity contribution is 5.62. The molecule has 0 saturated heterocycles. The minimum atomic E-state index is -0.833. The third-order valence-electron chi connectivity index (χ3n) is 0.871. The lowest BCUT2D eigenvalue weighted by atomic mass is 10.8. The van der Waals surface area contributed by atoms with Gasteiger partial charge in [0.2, 0.25) is 0 Å². The van der Waals surface area contributed by atoms with Gasteiger partial charge in [-0.25, -0.2) is 0 Å². The lowest BCUT2D eigenvalue weighted by Crippen LogP contribution is -2.51. The van der Waals surface area contributed by atoms with Gasteiger partial charge in [0.1, 0.15) is 12.3 Å². The highest BCUT2D eigenvalue weighted by atomic mass is 16.5. The molecule has 1 aromatic rings. The second-order valence-corrected chi connectivity index (χ2v) is 2.07. The summed E-state index contributed by atoms with van der Waals surface area (Å²) in [6.45, 7) is 1.08. The molecule has 8 nitrogen and oxygen atoms in total. The van der Waals surface area contributed by atoms with Crippen LogP contribution in [-0.2, 0) is 4.79 Å². The Balaban J connectivity index is 0.000000364. The molecule has 0 amide bonds. The molecule has 1 rings (SSSR count). The van der Waals surface area contributed by atoms with Crippen LogP contribution in [0.5, 0.6) is 0 Å². The first-order valence-electron chi connectivity index (χ1n) is 3.45. The fourth-order valence-electron chi connectivity index (χ4n) is 0.451. The number of nitrogens with two attached hydrogens (primary N) is 1. The van der Waals surface area contributed by atoms with Crippen LogP contribution in [0.4, 0.5) is 5.88 Å². The highest BCUT2D eigenvalue weighted by Gasteiger charge is 2.03. The van der Waals surface area contributed by atoms with E-state index in [9.17, 15) is 5.11 Å². The minimum absolute atomic E-state index is 0.0806. The maximum atomic E-state index is 10.6. The Hall–Kier alpha value is -2.12. The Kier molecular flexibility index (Phi) is 4.68. The molecule has 0 aliphatic rings. The van der Waals surface area contributed by atoms with E-state index in [0.717, 1.165) is 11.6 Å². The molecule has 0 aliphatic carbocycles. The second kappa shape index (κ2) is 5.51. The van der Waals surface area contributed by atoms with E-state index in [-0.39, 0.29) is 5.88 Å². The van der Waals surface area contributed by atoms with Crippen LogP contribution in [-0.4, -0.2) is 29.4 Å². The average Bonchev–Trinajstić information content (AvgIpc) is 2.49. The van der Waals surface area contributed by atoms with Crippen molar-refractivity contribution in [1.82, 2.24) is 5.27 Å². The number of carboxylic acids is 1. The lowest BCUT2D eigenvalue weighted by molar-refractivity contribution is -0.679. The van der Waals surface area contributed by atoms with Crippen LogP contribution in [0.25, 0.3) is 0 Å². The summed E-state index contributed by atoms with van der Waals surface area (Å²) in [5.74, 6) is -0.753. The first kappa shape index (κ1) is 11.9. The topological polar surface area (TPSA) is 129 Å². The fraction of sp³-hybridized carbons (Fsp3) is 0.333. The van der Waals surface area contributed by atoms with E-state index in [1.807, 2.05) is 0 Å². The van der Waals surface area contributed by atoms with Crippen molar-refractivity contribution < 1.29 is 24.2 Å². The van der Waals surface area contributed by atoms with Gasteiger partial charge in [0.25, 0.3) is 17.9 Å². The minimum Gasteiger partial charge on any atom is -0.806 e. The zero-order chi connectivity index (χ0) is 11.1. The predicted octanol–water partition coefficient (Wildman–Crippen LogP) is -2.17. The summed E-state index contributed by atoms with van der Waals surface area (Å²) in [5.41, 5.74) is 5.13. The molecule has 0 radical (unpaired) electrons. The van der Waals surface area contributed by atoms with Crippen LogP contribution in [0.2, 0.25) is 0 Å². The normalized spacial score (nSPS) is 10.3. The average molecular weight is 202 g/mol. The van der Waals surface area contributed by atoms with E-state index in [2.05, 4.69) is 14.8 Å². The lowest BCUT2D eigenvalue weighted by Gasteiger charge is -1.91. The maximum absolute atomic E-state index is 10.6. The van der Waals surface area contributed by atoms with Gasteiger partial charge < -0.3 is 20.5 Å². The van der Waals surface area contributed by atoms with Crippen LogP contribution >= 0.6 is 0 Å². The molecule has 3 N–H and O–H groups in total. The molecule has 0 fully saturated rings. The van der Waals surface area contributed by atoms with Crippen molar-refractivity contribution in [2.24, 2.45) is 4.99 Å². The fourth-order valence-corrected chi connectivity index (χ4v) is 0.451. The number of carbonyl (C=O) groups is 1. The van der Waals surface area contributed by atoms with Crippen molar-refractivity contribution >= 4 is 17.9 Å². The molecular weight excluding hydrogens is 192 g/mol. The number of nitrogens with zero attached hydrogens (tertiary/aromatic N) is 3. The van der Waals surface area contributed by atoms with Gasteiger partial charge in [0.05, 0.1) is 0 Å². The first-order chi connectivity index (χ1) is 6.47. The largest absolute Gasteiger partial charge is 0.806 e. The van der Waals surface area contributed by atoms with Gasteiger partial charge >= 0.3 is 0 Å². The van der Waals surface area contributed by atoms with Crippen LogP contribution in [0.15, 0.2) is 15.7 Å². The number of aliphatic imine (C=N–C) groups is 1. The summed E-state index contributed by atoms with van der Waals surface area (Å²) in [4.78, 5) is 12.3. The van der Waals surface area contributed by atoms with Gasteiger partial charge in [-0.15, -0.1) is 0 Å². The number of nitrogen functional groups attached to an aromatic ring is 1. The summed E-state index contributed by atoms with van der Waals surface area (Å²) in [6.07, 6.45) is 1.25. The van der Waals surface area contributed by atoms with Crippen LogP contribution in [0, 0.1) is 0 Å². The van der Waals surface area contributed by atoms with Crippen molar-refractivity contribution in [2.75, 3.05) is 12.8 Å². The number of carboxylic acid groups (broad SMARTS) is 1. The first-order valence-corrected chi connectivity index (χ1v) is 3.45. The summed E-state index contributed by atoms with van der Waals surface area (Å²) < 4.78 is 5.31. The van der Waals surface area contributed by atoms with E-state index < -0.39 is 12.0 Å². The number of hydrogen-bond donors (Lipinski definition) is 2. The third-order valence-corrected chi connectivity index (χ3v) is 0.871. The molecule has 0 saturated carbocycles. The molecule has 14 heavy (non-hydrogen) atoms. The Morgan fingerprint density at radius 2 is 2.36 bits per heavy atom. The summed E-state index contributed by atoms with van der Waals surface area (Å²) in [5, 5.41) is 21.3. The number of anilines is 1. The quantitative estimate of drug-likeness (QED) is 0.280. The SMILES string of the molecule is CC(=O)O.CN=C([O-])[n+]1cc(N)on1. The van der Waals surface area contributed by atoms with Gasteiger partial charge in [-0.3, -0.25) is 4.79 Å². The zero-order valence-electron chi connectivity index (χ0n) is 7.67. The molecule has 0 aliphatic heterocycles. The number of hydrogen-bond acceptors (Lipinski definition) is 6. The van der Waals surface area contributed by atoms with Crippen molar-refractivity contribution in [3.63, 3.8) is 0 Å². The molecule has 8 heteroatoms. The zero-order valence-corrected chi connectivity index (χ0v) is 7.67. The maximum Gasteiger partial charge on any atom is 0.300 e. The van der Waals surface area contributed by atoms with E-state index in [4.69, 9.17) is 15.6 Å².